The van der Waals surface area contributed by atoms with Gasteiger partial charge in [-0.2, -0.15) is 0 Å². The third-order valence-electron chi connectivity index (χ3n) is 3.41. The van der Waals surface area contributed by atoms with Crippen LogP contribution in [0, 0.1) is 17.3 Å². The van der Waals surface area contributed by atoms with E-state index in [1.807, 2.05) is 0 Å². The highest BCUT2D eigenvalue weighted by Gasteiger charge is 2.43. The fourth-order valence-electron chi connectivity index (χ4n) is 2.51. The van der Waals surface area contributed by atoms with Crippen LogP contribution in [0.4, 0.5) is 0 Å². The lowest BCUT2D eigenvalue weighted by Gasteiger charge is -2.49. The second-order valence-corrected chi connectivity index (χ2v) is 4.52. The summed E-state index contributed by atoms with van der Waals surface area (Å²) in [5.74, 6) is 1.65. The molecule has 0 bridgehead atoms. The van der Waals surface area contributed by atoms with Gasteiger partial charge >= 0.3 is 0 Å². The predicted molar refractivity (Wildman–Crippen MR) is 47.4 cm³/mol. The number of rotatable bonds is 3. The number of aliphatic hydroxyl groups is 1. The molecule has 1 heteroatoms. The Hall–Kier alpha value is -0.0400. The van der Waals surface area contributed by atoms with E-state index >= 15 is 0 Å². The van der Waals surface area contributed by atoms with Crippen LogP contribution in [0.1, 0.15) is 40.0 Å². The molecule has 0 amide bonds. The zero-order valence-corrected chi connectivity index (χ0v) is 7.93. The zero-order chi connectivity index (χ0) is 8.48. The van der Waals surface area contributed by atoms with Crippen LogP contribution < -0.4 is 0 Å². The molecule has 2 atom stereocenters. The molecule has 0 unspecified atom stereocenters. The molecular formula is C10H20O. The fraction of sp³-hybridized carbons (Fsp3) is 1.00. The van der Waals surface area contributed by atoms with Crippen LogP contribution in [-0.2, 0) is 0 Å². The minimum atomic E-state index is 0.361. The van der Waals surface area contributed by atoms with E-state index in [2.05, 4.69) is 20.8 Å². The molecule has 66 valence electrons. The van der Waals surface area contributed by atoms with E-state index in [-0.39, 0.29) is 0 Å². The van der Waals surface area contributed by atoms with Crippen LogP contribution in [0.15, 0.2) is 0 Å². The first kappa shape index (κ1) is 9.05. The van der Waals surface area contributed by atoms with Gasteiger partial charge in [0, 0.05) is 6.61 Å². The Bertz CT molecular complexity index is 131. The van der Waals surface area contributed by atoms with Crippen molar-refractivity contribution in [2.24, 2.45) is 17.3 Å². The second kappa shape index (κ2) is 3.14. The van der Waals surface area contributed by atoms with Gasteiger partial charge in [0.2, 0.25) is 0 Å². The topological polar surface area (TPSA) is 20.2 Å². The van der Waals surface area contributed by atoms with E-state index in [4.69, 9.17) is 5.11 Å². The normalized spacial score (nSPS) is 37.4. The molecule has 1 fully saturated rings. The van der Waals surface area contributed by atoms with Crippen molar-refractivity contribution in [1.82, 2.24) is 0 Å². The molecule has 0 radical (unpaired) electrons. The van der Waals surface area contributed by atoms with E-state index in [0.717, 1.165) is 18.3 Å². The third-order valence-corrected chi connectivity index (χ3v) is 3.41. The summed E-state index contributed by atoms with van der Waals surface area (Å²) in [6, 6.07) is 0. The van der Waals surface area contributed by atoms with Crippen molar-refractivity contribution in [3.05, 3.63) is 0 Å². The minimum Gasteiger partial charge on any atom is -0.396 e. The molecule has 0 heterocycles. The Labute approximate surface area is 69.8 Å². The molecule has 0 aromatic heterocycles. The average molecular weight is 156 g/mol. The second-order valence-electron chi connectivity index (χ2n) is 4.52. The third kappa shape index (κ3) is 1.58. The summed E-state index contributed by atoms with van der Waals surface area (Å²) in [6.07, 6.45) is 3.68. The summed E-state index contributed by atoms with van der Waals surface area (Å²) in [7, 11) is 0. The minimum absolute atomic E-state index is 0.361. The first-order valence-electron chi connectivity index (χ1n) is 4.71. The molecule has 0 spiro atoms. The van der Waals surface area contributed by atoms with Crippen molar-refractivity contribution in [3.8, 4) is 0 Å². The molecule has 1 rings (SSSR count). The zero-order valence-electron chi connectivity index (χ0n) is 7.93. The lowest BCUT2D eigenvalue weighted by molar-refractivity contribution is -0.00763. The summed E-state index contributed by atoms with van der Waals surface area (Å²) in [5, 5.41) is 8.87. The van der Waals surface area contributed by atoms with E-state index in [1.54, 1.807) is 0 Å². The van der Waals surface area contributed by atoms with E-state index in [9.17, 15) is 0 Å². The van der Waals surface area contributed by atoms with Crippen LogP contribution in [0.3, 0.4) is 0 Å². The largest absolute Gasteiger partial charge is 0.396 e. The van der Waals surface area contributed by atoms with E-state index < -0.39 is 0 Å². The van der Waals surface area contributed by atoms with Crippen molar-refractivity contribution in [3.63, 3.8) is 0 Å². The SMILES string of the molecule is CC(C)[C@H]1CC[C@]1(C)CCO. The van der Waals surface area contributed by atoms with Crippen molar-refractivity contribution < 1.29 is 5.11 Å². The quantitative estimate of drug-likeness (QED) is 0.665. The van der Waals surface area contributed by atoms with Crippen molar-refractivity contribution in [1.29, 1.82) is 0 Å². The maximum atomic E-state index is 8.87. The molecule has 0 aliphatic heterocycles. The molecular weight excluding hydrogens is 136 g/mol. The van der Waals surface area contributed by atoms with E-state index in [1.165, 1.54) is 12.8 Å². The lowest BCUT2D eigenvalue weighted by Crippen LogP contribution is -2.41. The van der Waals surface area contributed by atoms with Gasteiger partial charge in [-0.3, -0.25) is 0 Å². The molecule has 0 aromatic carbocycles. The van der Waals surface area contributed by atoms with Crippen molar-refractivity contribution >= 4 is 0 Å². The first-order valence-corrected chi connectivity index (χ1v) is 4.71. The van der Waals surface area contributed by atoms with Crippen LogP contribution in [0.25, 0.3) is 0 Å². The summed E-state index contributed by atoms with van der Waals surface area (Å²) < 4.78 is 0. The van der Waals surface area contributed by atoms with Gasteiger partial charge < -0.3 is 5.11 Å². The maximum Gasteiger partial charge on any atom is 0.0436 e. The van der Waals surface area contributed by atoms with Gasteiger partial charge in [0.1, 0.15) is 0 Å². The average Bonchev–Trinajstić information content (AvgIpc) is 1.85. The molecule has 1 N–H and O–H groups in total. The number of hydrogen-bond acceptors (Lipinski definition) is 1. The van der Waals surface area contributed by atoms with Crippen LogP contribution >= 0.6 is 0 Å². The molecule has 1 aliphatic rings. The Morgan fingerprint density at radius 2 is 2.18 bits per heavy atom. The molecule has 0 saturated heterocycles. The number of hydrogen-bond donors (Lipinski definition) is 1. The smallest absolute Gasteiger partial charge is 0.0436 e. The van der Waals surface area contributed by atoms with Crippen molar-refractivity contribution in [2.75, 3.05) is 6.61 Å². The van der Waals surface area contributed by atoms with Gasteiger partial charge in [0.15, 0.2) is 0 Å². The monoisotopic (exact) mass is 156 g/mol. The van der Waals surface area contributed by atoms with Gasteiger partial charge in [-0.1, -0.05) is 20.8 Å². The molecule has 11 heavy (non-hydrogen) atoms. The standard InChI is InChI=1S/C10H20O/c1-8(2)9-4-5-10(9,3)6-7-11/h8-9,11H,4-7H2,1-3H3/t9-,10-/m1/s1. The Morgan fingerprint density at radius 1 is 1.55 bits per heavy atom. The van der Waals surface area contributed by atoms with Gasteiger partial charge in [0.05, 0.1) is 0 Å². The summed E-state index contributed by atoms with van der Waals surface area (Å²) in [6.45, 7) is 7.26. The summed E-state index contributed by atoms with van der Waals surface area (Å²) >= 11 is 0. The highest BCUT2D eigenvalue weighted by atomic mass is 16.3. The Balaban J connectivity index is 2.45. The van der Waals surface area contributed by atoms with Gasteiger partial charge in [0.25, 0.3) is 0 Å². The summed E-state index contributed by atoms with van der Waals surface area (Å²) in [4.78, 5) is 0. The highest BCUT2D eigenvalue weighted by Crippen LogP contribution is 2.52. The van der Waals surface area contributed by atoms with Crippen LogP contribution in [0.5, 0.6) is 0 Å². The Morgan fingerprint density at radius 3 is 2.45 bits per heavy atom. The number of aliphatic hydroxyl groups excluding tert-OH is 1. The Kier molecular flexibility index (Phi) is 2.58. The summed E-state index contributed by atoms with van der Waals surface area (Å²) in [5.41, 5.74) is 0.461. The molecule has 1 saturated carbocycles. The lowest BCUT2D eigenvalue weighted by atomic mass is 9.56. The van der Waals surface area contributed by atoms with Crippen LogP contribution in [-0.4, -0.2) is 11.7 Å². The predicted octanol–water partition coefficient (Wildman–Crippen LogP) is 2.44. The molecule has 1 aliphatic carbocycles. The van der Waals surface area contributed by atoms with Crippen molar-refractivity contribution in [2.45, 2.75) is 40.0 Å². The molecule has 1 nitrogen and oxygen atoms in total. The fourth-order valence-corrected chi connectivity index (χ4v) is 2.51. The van der Waals surface area contributed by atoms with Gasteiger partial charge in [-0.15, -0.1) is 0 Å². The first-order chi connectivity index (χ1) is 5.10. The van der Waals surface area contributed by atoms with E-state index in [0.29, 0.717) is 12.0 Å². The maximum absolute atomic E-state index is 8.87. The van der Waals surface area contributed by atoms with Crippen LogP contribution in [0.2, 0.25) is 0 Å². The van der Waals surface area contributed by atoms with Gasteiger partial charge in [-0.05, 0) is 36.5 Å². The highest BCUT2D eigenvalue weighted by molar-refractivity contribution is 4.93. The molecule has 0 aromatic rings. The van der Waals surface area contributed by atoms with Gasteiger partial charge in [-0.25, -0.2) is 0 Å².